The molecular formula is C22H19N3O3. The Kier molecular flexibility index (Phi) is 4.53. The fourth-order valence-corrected chi connectivity index (χ4v) is 3.47. The number of para-hydroxylation sites is 1. The molecule has 28 heavy (non-hydrogen) atoms. The van der Waals surface area contributed by atoms with E-state index < -0.39 is 0 Å². The first kappa shape index (κ1) is 17.7. The first-order valence-electron chi connectivity index (χ1n) is 8.87. The summed E-state index contributed by atoms with van der Waals surface area (Å²) < 4.78 is 8.63. The van der Waals surface area contributed by atoms with E-state index in [0.29, 0.717) is 23.7 Å². The first-order chi connectivity index (χ1) is 13.6. The van der Waals surface area contributed by atoms with Crippen LogP contribution in [0.4, 0.5) is 0 Å². The van der Waals surface area contributed by atoms with Crippen molar-refractivity contribution in [3.8, 4) is 17.1 Å². The zero-order chi connectivity index (χ0) is 19.7. The lowest BCUT2D eigenvalue weighted by molar-refractivity contribution is 0.386. The molecule has 140 valence electrons. The summed E-state index contributed by atoms with van der Waals surface area (Å²) in [6.45, 7) is 0. The third-order valence-electron chi connectivity index (χ3n) is 4.91. The molecule has 2 aromatic carbocycles. The van der Waals surface area contributed by atoms with Crippen molar-refractivity contribution in [2.45, 2.75) is 6.42 Å². The molecule has 0 radical (unpaired) electrons. The molecule has 0 bridgehead atoms. The molecule has 4 rings (SSSR count). The number of methoxy groups -OCH3 is 1. The quantitative estimate of drug-likeness (QED) is 0.505. The van der Waals surface area contributed by atoms with Crippen LogP contribution in [0.5, 0.6) is 5.88 Å². The Morgan fingerprint density at radius 1 is 1.07 bits per heavy atom. The second-order valence-electron chi connectivity index (χ2n) is 6.51. The van der Waals surface area contributed by atoms with Crippen molar-refractivity contribution in [3.05, 3.63) is 82.4 Å². The minimum absolute atomic E-state index is 0.193. The van der Waals surface area contributed by atoms with E-state index >= 15 is 0 Å². The van der Waals surface area contributed by atoms with Crippen LogP contribution in [0.2, 0.25) is 0 Å². The largest absolute Gasteiger partial charge is 0.480 e. The smallest absolute Gasteiger partial charge is 0.277 e. The number of fused-ring (bicyclic) bond motifs is 1. The van der Waals surface area contributed by atoms with Crippen molar-refractivity contribution in [2.24, 2.45) is 7.05 Å². The van der Waals surface area contributed by atoms with Crippen LogP contribution in [0.1, 0.15) is 11.3 Å². The van der Waals surface area contributed by atoms with Crippen molar-refractivity contribution < 1.29 is 9.53 Å². The van der Waals surface area contributed by atoms with Gasteiger partial charge in [-0.1, -0.05) is 48.5 Å². The first-order valence-corrected chi connectivity index (χ1v) is 8.87. The van der Waals surface area contributed by atoms with Crippen molar-refractivity contribution in [1.82, 2.24) is 14.1 Å². The average Bonchev–Trinajstić information content (AvgIpc) is 3.10. The minimum atomic E-state index is -0.193. The third kappa shape index (κ3) is 2.89. The van der Waals surface area contributed by atoms with Gasteiger partial charge in [-0.25, -0.2) is 4.98 Å². The molecule has 6 heteroatoms. The number of carbonyl (C=O) groups is 1. The van der Waals surface area contributed by atoms with Crippen LogP contribution in [-0.4, -0.2) is 27.6 Å². The highest BCUT2D eigenvalue weighted by Gasteiger charge is 2.18. The molecule has 0 saturated carbocycles. The van der Waals surface area contributed by atoms with Gasteiger partial charge >= 0.3 is 0 Å². The average molecular weight is 373 g/mol. The second-order valence-corrected chi connectivity index (χ2v) is 6.51. The number of rotatable bonds is 5. The molecule has 0 aliphatic carbocycles. The van der Waals surface area contributed by atoms with Crippen LogP contribution < -0.4 is 10.3 Å². The lowest BCUT2D eigenvalue weighted by Crippen LogP contribution is -2.25. The van der Waals surface area contributed by atoms with Gasteiger partial charge in [0.2, 0.25) is 12.3 Å². The second kappa shape index (κ2) is 7.15. The highest BCUT2D eigenvalue weighted by atomic mass is 16.5. The van der Waals surface area contributed by atoms with Gasteiger partial charge in [-0.3, -0.25) is 14.2 Å². The summed E-state index contributed by atoms with van der Waals surface area (Å²) in [6.07, 6.45) is 2.98. The van der Waals surface area contributed by atoms with E-state index in [1.54, 1.807) is 29.5 Å². The Hall–Kier alpha value is -3.67. The van der Waals surface area contributed by atoms with Crippen LogP contribution in [-0.2, 0) is 18.3 Å². The molecule has 0 N–H and O–H groups in total. The van der Waals surface area contributed by atoms with E-state index in [0.717, 1.165) is 28.4 Å². The summed E-state index contributed by atoms with van der Waals surface area (Å²) in [6, 6.07) is 17.0. The van der Waals surface area contributed by atoms with Crippen LogP contribution in [0, 0.1) is 0 Å². The monoisotopic (exact) mass is 373 g/mol. The Morgan fingerprint density at radius 3 is 2.50 bits per heavy atom. The van der Waals surface area contributed by atoms with Crippen molar-refractivity contribution >= 4 is 17.3 Å². The lowest BCUT2D eigenvalue weighted by atomic mass is 10.1. The van der Waals surface area contributed by atoms with E-state index in [4.69, 9.17) is 4.74 Å². The standard InChI is InChI=1S/C22H19N3O3/c1-24-19(12-16-13-25(14-26)18-11-7-6-10-17(16)18)21(28-2)23-20(22(24)27)15-8-4-3-5-9-15/h3-11,13-14H,12H2,1-2H3. The van der Waals surface area contributed by atoms with E-state index in [2.05, 4.69) is 4.98 Å². The summed E-state index contributed by atoms with van der Waals surface area (Å²) in [4.78, 5) is 28.9. The zero-order valence-electron chi connectivity index (χ0n) is 15.6. The highest BCUT2D eigenvalue weighted by molar-refractivity contribution is 5.88. The predicted octanol–water partition coefficient (Wildman–Crippen LogP) is 3.04. The number of nitrogens with zero attached hydrogens (tertiary/aromatic N) is 3. The number of hydrogen-bond donors (Lipinski definition) is 0. The maximum Gasteiger partial charge on any atom is 0.277 e. The van der Waals surface area contributed by atoms with E-state index in [9.17, 15) is 9.59 Å². The summed E-state index contributed by atoms with van der Waals surface area (Å²) in [5.41, 5.74) is 3.29. The predicted molar refractivity (Wildman–Crippen MR) is 108 cm³/mol. The number of ether oxygens (including phenoxy) is 1. The van der Waals surface area contributed by atoms with Crippen LogP contribution >= 0.6 is 0 Å². The molecule has 0 aliphatic rings. The van der Waals surface area contributed by atoms with Gasteiger partial charge in [0.15, 0.2) is 0 Å². The fraction of sp³-hybridized carbons (Fsp3) is 0.136. The van der Waals surface area contributed by atoms with Gasteiger partial charge in [0.25, 0.3) is 5.56 Å². The van der Waals surface area contributed by atoms with Gasteiger partial charge < -0.3 is 9.30 Å². The van der Waals surface area contributed by atoms with Gasteiger partial charge in [0.05, 0.1) is 18.3 Å². The molecule has 0 amide bonds. The summed E-state index contributed by atoms with van der Waals surface area (Å²) in [5, 5.41) is 0.955. The van der Waals surface area contributed by atoms with Gasteiger partial charge in [-0.2, -0.15) is 0 Å². The topological polar surface area (TPSA) is 66.1 Å². The Balaban J connectivity index is 1.87. The molecule has 4 aromatic rings. The highest BCUT2D eigenvalue weighted by Crippen LogP contribution is 2.26. The summed E-state index contributed by atoms with van der Waals surface area (Å²) in [7, 11) is 3.26. The SMILES string of the molecule is COc1nc(-c2ccccc2)c(=O)n(C)c1Cc1cn(C=O)c2ccccc12. The number of hydrogen-bond acceptors (Lipinski definition) is 4. The Labute approximate surface area is 161 Å². The van der Waals surface area contributed by atoms with Crippen LogP contribution in [0.25, 0.3) is 22.2 Å². The Bertz CT molecular complexity index is 1220. The van der Waals surface area contributed by atoms with Crippen molar-refractivity contribution in [1.29, 1.82) is 0 Å². The summed E-state index contributed by atoms with van der Waals surface area (Å²) >= 11 is 0. The maximum absolute atomic E-state index is 13.0. The number of benzene rings is 2. The van der Waals surface area contributed by atoms with Crippen molar-refractivity contribution in [3.63, 3.8) is 0 Å². The molecule has 0 spiro atoms. The van der Waals surface area contributed by atoms with Gasteiger partial charge in [-0.15, -0.1) is 0 Å². The van der Waals surface area contributed by atoms with E-state index in [-0.39, 0.29) is 5.56 Å². The molecule has 2 heterocycles. The van der Waals surface area contributed by atoms with Gasteiger partial charge in [-0.05, 0) is 11.6 Å². The van der Waals surface area contributed by atoms with Crippen LogP contribution in [0.3, 0.4) is 0 Å². The molecule has 6 nitrogen and oxygen atoms in total. The third-order valence-corrected chi connectivity index (χ3v) is 4.91. The van der Waals surface area contributed by atoms with E-state index in [1.165, 1.54) is 0 Å². The van der Waals surface area contributed by atoms with E-state index in [1.807, 2.05) is 54.6 Å². The van der Waals surface area contributed by atoms with Gasteiger partial charge in [0, 0.05) is 30.6 Å². The molecule has 0 aliphatic heterocycles. The number of aromatic nitrogens is 3. The van der Waals surface area contributed by atoms with Crippen LogP contribution in [0.15, 0.2) is 65.6 Å². The Morgan fingerprint density at radius 2 is 1.79 bits per heavy atom. The zero-order valence-corrected chi connectivity index (χ0v) is 15.6. The normalized spacial score (nSPS) is 10.9. The van der Waals surface area contributed by atoms with Crippen molar-refractivity contribution in [2.75, 3.05) is 7.11 Å². The lowest BCUT2D eigenvalue weighted by Gasteiger charge is -2.14. The fourth-order valence-electron chi connectivity index (χ4n) is 3.47. The maximum atomic E-state index is 13.0. The number of carbonyl (C=O) groups excluding carboxylic acids is 1. The molecule has 0 atom stereocenters. The van der Waals surface area contributed by atoms with Gasteiger partial charge in [0.1, 0.15) is 5.69 Å². The molecule has 0 fully saturated rings. The molecular weight excluding hydrogens is 354 g/mol. The molecule has 0 saturated heterocycles. The molecule has 0 unspecified atom stereocenters. The molecule has 2 aromatic heterocycles. The minimum Gasteiger partial charge on any atom is -0.480 e. The summed E-state index contributed by atoms with van der Waals surface area (Å²) in [5.74, 6) is 0.392.